The molecule has 10 heavy (non-hydrogen) atoms. The lowest BCUT2D eigenvalue weighted by Crippen LogP contribution is -2.44. The highest BCUT2D eigenvalue weighted by Crippen LogP contribution is 2.19. The van der Waals surface area contributed by atoms with Gasteiger partial charge in [-0.25, -0.2) is 0 Å². The Bertz CT molecular complexity index is 99.4. The molecule has 0 bridgehead atoms. The van der Waals surface area contributed by atoms with Crippen LogP contribution in [0, 0.1) is 5.92 Å². The van der Waals surface area contributed by atoms with Crippen molar-refractivity contribution in [1.29, 1.82) is 0 Å². The molecule has 1 atom stereocenters. The van der Waals surface area contributed by atoms with E-state index in [-0.39, 0.29) is 6.23 Å². The third-order valence-electron chi connectivity index (χ3n) is 2.14. The summed E-state index contributed by atoms with van der Waals surface area (Å²) in [5.74, 6) is 0.334. The Kier molecular flexibility index (Phi) is 2.69. The lowest BCUT2D eigenvalue weighted by molar-refractivity contribution is 0.0642. The highest BCUT2D eigenvalue weighted by Gasteiger charge is 2.20. The average Bonchev–Trinajstić information content (AvgIpc) is 1.77. The maximum atomic E-state index is 9.35. The zero-order chi connectivity index (χ0) is 7.56. The van der Waals surface area contributed by atoms with Gasteiger partial charge in [0.1, 0.15) is 6.23 Å². The number of hydrogen-bond acceptors (Lipinski definition) is 2. The molecule has 1 unspecified atom stereocenters. The van der Waals surface area contributed by atoms with Gasteiger partial charge in [-0.2, -0.15) is 0 Å². The van der Waals surface area contributed by atoms with Crippen LogP contribution in [0.3, 0.4) is 0 Å². The molecule has 0 amide bonds. The minimum atomic E-state index is -0.301. The van der Waals surface area contributed by atoms with E-state index in [2.05, 4.69) is 5.32 Å². The van der Waals surface area contributed by atoms with Gasteiger partial charge in [0.15, 0.2) is 0 Å². The Balaban J connectivity index is 2.10. The summed E-state index contributed by atoms with van der Waals surface area (Å²) < 4.78 is 0. The molecular weight excluding hydrogens is 126 g/mol. The molecule has 0 radical (unpaired) electrons. The predicted octanol–water partition coefficient (Wildman–Crippen LogP) is 1.10. The molecule has 0 aromatic rings. The number of aliphatic hydroxyl groups is 1. The fraction of sp³-hybridized carbons (Fsp3) is 1.00. The molecule has 2 N–H and O–H groups in total. The van der Waals surface area contributed by atoms with Crippen LogP contribution in [0.2, 0.25) is 0 Å². The summed E-state index contributed by atoms with van der Waals surface area (Å²) in [7, 11) is 0. The first-order chi connectivity index (χ1) is 4.70. The number of nitrogens with one attached hydrogen (secondary N) is 1. The minimum Gasteiger partial charge on any atom is -0.378 e. The van der Waals surface area contributed by atoms with E-state index in [1.165, 1.54) is 19.3 Å². The second-order valence-electron chi connectivity index (χ2n) is 3.48. The summed E-state index contributed by atoms with van der Waals surface area (Å²) in [6, 6.07) is 0.595. The molecule has 60 valence electrons. The van der Waals surface area contributed by atoms with Crippen LogP contribution >= 0.6 is 0 Å². The average molecular weight is 143 g/mol. The molecular formula is C8H17NO. The van der Waals surface area contributed by atoms with E-state index >= 15 is 0 Å². The van der Waals surface area contributed by atoms with Gasteiger partial charge in [-0.15, -0.1) is 0 Å². The van der Waals surface area contributed by atoms with Gasteiger partial charge < -0.3 is 5.11 Å². The Morgan fingerprint density at radius 1 is 1.40 bits per heavy atom. The topological polar surface area (TPSA) is 32.3 Å². The lowest BCUT2D eigenvalue weighted by atomic mass is 9.92. The first-order valence-corrected chi connectivity index (χ1v) is 4.14. The zero-order valence-electron chi connectivity index (χ0n) is 6.80. The van der Waals surface area contributed by atoms with Crippen LogP contribution in [0.1, 0.15) is 33.1 Å². The fourth-order valence-corrected chi connectivity index (χ4v) is 1.01. The molecule has 0 aromatic carbocycles. The van der Waals surface area contributed by atoms with Gasteiger partial charge in [0.2, 0.25) is 0 Å². The van der Waals surface area contributed by atoms with E-state index < -0.39 is 0 Å². The largest absolute Gasteiger partial charge is 0.378 e. The van der Waals surface area contributed by atoms with E-state index in [9.17, 15) is 5.11 Å². The standard InChI is InChI=1S/C8H17NO/c1-6(2)8(10)9-7-4-3-5-7/h6-10H,3-5H2,1-2H3. The summed E-state index contributed by atoms with van der Waals surface area (Å²) in [4.78, 5) is 0. The summed E-state index contributed by atoms with van der Waals surface area (Å²) in [5, 5.41) is 12.5. The monoisotopic (exact) mass is 143 g/mol. The molecule has 0 aromatic heterocycles. The van der Waals surface area contributed by atoms with Crippen molar-refractivity contribution in [3.63, 3.8) is 0 Å². The Hall–Kier alpha value is -0.0800. The molecule has 2 nitrogen and oxygen atoms in total. The Morgan fingerprint density at radius 2 is 2.00 bits per heavy atom. The lowest BCUT2D eigenvalue weighted by Gasteiger charge is -2.30. The normalized spacial score (nSPS) is 22.8. The van der Waals surface area contributed by atoms with Gasteiger partial charge in [-0.3, -0.25) is 5.32 Å². The summed E-state index contributed by atoms with van der Waals surface area (Å²) >= 11 is 0. The van der Waals surface area contributed by atoms with Crippen LogP contribution in [0.15, 0.2) is 0 Å². The van der Waals surface area contributed by atoms with E-state index in [0.717, 1.165) is 0 Å². The smallest absolute Gasteiger partial charge is 0.107 e. The second kappa shape index (κ2) is 3.35. The van der Waals surface area contributed by atoms with Crippen LogP contribution in [0.4, 0.5) is 0 Å². The first kappa shape index (κ1) is 8.02. The van der Waals surface area contributed by atoms with E-state index in [1.54, 1.807) is 0 Å². The van der Waals surface area contributed by atoms with E-state index in [0.29, 0.717) is 12.0 Å². The highest BCUT2D eigenvalue weighted by atomic mass is 16.3. The molecule has 0 aliphatic heterocycles. The van der Waals surface area contributed by atoms with Crippen molar-refractivity contribution >= 4 is 0 Å². The van der Waals surface area contributed by atoms with Crippen molar-refractivity contribution in [1.82, 2.24) is 5.32 Å². The van der Waals surface area contributed by atoms with Crippen molar-refractivity contribution in [2.45, 2.75) is 45.4 Å². The SMILES string of the molecule is CC(C)C(O)NC1CCC1. The highest BCUT2D eigenvalue weighted by molar-refractivity contribution is 4.77. The molecule has 0 saturated heterocycles. The zero-order valence-corrected chi connectivity index (χ0v) is 6.80. The molecule has 1 rings (SSSR count). The van der Waals surface area contributed by atoms with E-state index in [4.69, 9.17) is 0 Å². The van der Waals surface area contributed by atoms with Gasteiger partial charge in [-0.05, 0) is 18.8 Å². The van der Waals surface area contributed by atoms with E-state index in [1.807, 2.05) is 13.8 Å². The van der Waals surface area contributed by atoms with Gasteiger partial charge >= 0.3 is 0 Å². The molecule has 1 saturated carbocycles. The van der Waals surface area contributed by atoms with Gasteiger partial charge in [0.05, 0.1) is 0 Å². The van der Waals surface area contributed by atoms with Crippen LogP contribution in [0.25, 0.3) is 0 Å². The van der Waals surface area contributed by atoms with Crippen LogP contribution in [-0.4, -0.2) is 17.4 Å². The van der Waals surface area contributed by atoms with Crippen molar-refractivity contribution in [3.05, 3.63) is 0 Å². The molecule has 2 heteroatoms. The molecule has 1 aliphatic carbocycles. The van der Waals surface area contributed by atoms with Crippen LogP contribution in [0.5, 0.6) is 0 Å². The third kappa shape index (κ3) is 1.96. The number of aliphatic hydroxyl groups excluding tert-OH is 1. The molecule has 0 heterocycles. The Labute approximate surface area is 62.6 Å². The fourth-order valence-electron chi connectivity index (χ4n) is 1.01. The van der Waals surface area contributed by atoms with Crippen molar-refractivity contribution in [2.75, 3.05) is 0 Å². The maximum Gasteiger partial charge on any atom is 0.107 e. The number of hydrogen-bond donors (Lipinski definition) is 2. The van der Waals surface area contributed by atoms with Crippen LogP contribution < -0.4 is 5.32 Å². The Morgan fingerprint density at radius 3 is 2.30 bits per heavy atom. The second-order valence-corrected chi connectivity index (χ2v) is 3.48. The first-order valence-electron chi connectivity index (χ1n) is 4.14. The molecule has 0 spiro atoms. The predicted molar refractivity (Wildman–Crippen MR) is 41.6 cm³/mol. The third-order valence-corrected chi connectivity index (χ3v) is 2.14. The van der Waals surface area contributed by atoms with Gasteiger partial charge in [0, 0.05) is 6.04 Å². The number of rotatable bonds is 3. The molecule has 1 fully saturated rings. The summed E-state index contributed by atoms with van der Waals surface area (Å²) in [6.45, 7) is 4.05. The van der Waals surface area contributed by atoms with Crippen molar-refractivity contribution in [2.24, 2.45) is 5.92 Å². The summed E-state index contributed by atoms with van der Waals surface area (Å²) in [6.07, 6.45) is 3.50. The van der Waals surface area contributed by atoms with Crippen LogP contribution in [-0.2, 0) is 0 Å². The molecule has 1 aliphatic rings. The van der Waals surface area contributed by atoms with Crippen molar-refractivity contribution < 1.29 is 5.11 Å². The maximum absolute atomic E-state index is 9.35. The van der Waals surface area contributed by atoms with Crippen molar-refractivity contribution in [3.8, 4) is 0 Å². The summed E-state index contributed by atoms with van der Waals surface area (Å²) in [5.41, 5.74) is 0. The quantitative estimate of drug-likeness (QED) is 0.580. The minimum absolute atomic E-state index is 0.301. The van der Waals surface area contributed by atoms with Gasteiger partial charge in [0.25, 0.3) is 0 Å². The van der Waals surface area contributed by atoms with Gasteiger partial charge in [-0.1, -0.05) is 20.3 Å².